The standard InChI is InChI=1S/C10H14Br4/c11-6-8(12)10(14)9(13)7-4-2-1-3-5-7/h1,8-10H,2-6H2. The number of halogens is 4. The molecule has 3 unspecified atom stereocenters. The summed E-state index contributed by atoms with van der Waals surface area (Å²) in [6.45, 7) is 0. The van der Waals surface area contributed by atoms with Crippen LogP contribution < -0.4 is 0 Å². The van der Waals surface area contributed by atoms with Gasteiger partial charge in [0.1, 0.15) is 0 Å². The Morgan fingerprint density at radius 3 is 2.21 bits per heavy atom. The highest BCUT2D eigenvalue weighted by molar-refractivity contribution is 9.14. The Balaban J connectivity index is 2.41. The van der Waals surface area contributed by atoms with Crippen molar-refractivity contribution in [2.24, 2.45) is 0 Å². The molecule has 1 rings (SSSR count). The Morgan fingerprint density at radius 2 is 1.71 bits per heavy atom. The molecule has 0 aliphatic heterocycles. The Labute approximate surface area is 120 Å². The van der Waals surface area contributed by atoms with Crippen molar-refractivity contribution in [2.75, 3.05) is 5.33 Å². The molecule has 14 heavy (non-hydrogen) atoms. The second kappa shape index (κ2) is 7.29. The van der Waals surface area contributed by atoms with E-state index in [1.807, 2.05) is 0 Å². The molecule has 0 aromatic rings. The van der Waals surface area contributed by atoms with Crippen LogP contribution >= 0.6 is 63.7 Å². The molecular formula is C10H14Br4. The van der Waals surface area contributed by atoms with Crippen LogP contribution in [-0.4, -0.2) is 19.8 Å². The van der Waals surface area contributed by atoms with Gasteiger partial charge in [0.2, 0.25) is 0 Å². The van der Waals surface area contributed by atoms with Gasteiger partial charge in [-0.05, 0) is 38.0 Å². The van der Waals surface area contributed by atoms with Crippen LogP contribution in [0.15, 0.2) is 0 Å². The zero-order valence-electron chi connectivity index (χ0n) is 7.86. The van der Waals surface area contributed by atoms with Crippen molar-refractivity contribution >= 4 is 63.7 Å². The first kappa shape index (κ1) is 14.0. The summed E-state index contributed by atoms with van der Waals surface area (Å²) >= 11 is 14.7. The van der Waals surface area contributed by atoms with Crippen LogP contribution in [0.3, 0.4) is 0 Å². The molecule has 1 saturated carbocycles. The van der Waals surface area contributed by atoms with Crippen molar-refractivity contribution in [2.45, 2.75) is 40.2 Å². The highest BCUT2D eigenvalue weighted by atomic mass is 79.9. The highest BCUT2D eigenvalue weighted by Crippen LogP contribution is 2.37. The number of hydrogen-bond donors (Lipinski definition) is 0. The molecule has 0 amide bonds. The lowest BCUT2D eigenvalue weighted by atomic mass is 9.86. The van der Waals surface area contributed by atoms with E-state index in [0.29, 0.717) is 14.5 Å². The SMILES string of the molecule is BrCC(Br)C(Br)C(Br)[C]1CC[CH]CC1. The smallest absolute Gasteiger partial charge is 0.0409 e. The third kappa shape index (κ3) is 4.06. The maximum atomic E-state index is 3.80. The van der Waals surface area contributed by atoms with Crippen molar-refractivity contribution in [3.63, 3.8) is 0 Å². The molecule has 0 spiro atoms. The maximum absolute atomic E-state index is 3.80. The van der Waals surface area contributed by atoms with Crippen molar-refractivity contribution in [3.05, 3.63) is 12.3 Å². The fraction of sp³-hybridized carbons (Fsp3) is 0.800. The van der Waals surface area contributed by atoms with Crippen LogP contribution in [0.1, 0.15) is 25.7 Å². The van der Waals surface area contributed by atoms with Crippen LogP contribution in [0.25, 0.3) is 0 Å². The molecule has 0 saturated heterocycles. The summed E-state index contributed by atoms with van der Waals surface area (Å²) in [5, 5.41) is 0.977. The molecule has 3 atom stereocenters. The quantitative estimate of drug-likeness (QED) is 0.524. The molecule has 1 fully saturated rings. The summed E-state index contributed by atoms with van der Waals surface area (Å²) in [6.07, 6.45) is 7.39. The van der Waals surface area contributed by atoms with E-state index in [4.69, 9.17) is 0 Å². The average Bonchev–Trinajstić information content (AvgIpc) is 2.27. The summed E-state index contributed by atoms with van der Waals surface area (Å²) in [5.41, 5.74) is 0. The van der Waals surface area contributed by atoms with E-state index < -0.39 is 0 Å². The normalized spacial score (nSPS) is 25.7. The minimum Gasteiger partial charge on any atom is -0.0916 e. The molecule has 0 heterocycles. The molecule has 0 bridgehead atoms. The monoisotopic (exact) mass is 450 g/mol. The van der Waals surface area contributed by atoms with E-state index in [2.05, 4.69) is 70.1 Å². The van der Waals surface area contributed by atoms with Crippen LogP contribution in [0, 0.1) is 12.3 Å². The predicted octanol–water partition coefficient (Wildman–Crippen LogP) is 5.02. The van der Waals surface area contributed by atoms with Gasteiger partial charge in [-0.1, -0.05) is 63.7 Å². The molecule has 4 heteroatoms. The zero-order valence-corrected chi connectivity index (χ0v) is 14.2. The summed E-state index contributed by atoms with van der Waals surface area (Å²) in [6, 6.07) is 0. The Kier molecular flexibility index (Phi) is 7.28. The van der Waals surface area contributed by atoms with Gasteiger partial charge in [-0.25, -0.2) is 0 Å². The topological polar surface area (TPSA) is 0 Å². The van der Waals surface area contributed by atoms with Gasteiger partial charge in [-0.2, -0.15) is 0 Å². The van der Waals surface area contributed by atoms with Gasteiger partial charge in [0.05, 0.1) is 0 Å². The lowest BCUT2D eigenvalue weighted by Gasteiger charge is -2.30. The van der Waals surface area contributed by atoms with E-state index in [1.165, 1.54) is 25.7 Å². The number of alkyl halides is 4. The molecule has 0 nitrogen and oxygen atoms in total. The number of rotatable bonds is 4. The van der Waals surface area contributed by atoms with Gasteiger partial charge in [-0.15, -0.1) is 0 Å². The number of hydrogen-bond acceptors (Lipinski definition) is 0. The molecular weight excluding hydrogens is 440 g/mol. The molecule has 0 aromatic carbocycles. The zero-order chi connectivity index (χ0) is 10.6. The van der Waals surface area contributed by atoms with E-state index >= 15 is 0 Å². The third-order valence-electron chi connectivity index (χ3n) is 2.50. The average molecular weight is 454 g/mol. The van der Waals surface area contributed by atoms with Crippen LogP contribution in [-0.2, 0) is 0 Å². The second-order valence-electron chi connectivity index (χ2n) is 3.54. The lowest BCUT2D eigenvalue weighted by Crippen LogP contribution is -2.31. The van der Waals surface area contributed by atoms with E-state index in [1.54, 1.807) is 5.92 Å². The summed E-state index contributed by atoms with van der Waals surface area (Å²) < 4.78 is 0. The first-order chi connectivity index (χ1) is 6.66. The van der Waals surface area contributed by atoms with Gasteiger partial charge >= 0.3 is 0 Å². The van der Waals surface area contributed by atoms with Gasteiger partial charge in [0.25, 0.3) is 0 Å². The Morgan fingerprint density at radius 1 is 1.14 bits per heavy atom. The Bertz CT molecular complexity index is 154. The van der Waals surface area contributed by atoms with Crippen molar-refractivity contribution in [1.82, 2.24) is 0 Å². The largest absolute Gasteiger partial charge is 0.0916 e. The minimum absolute atomic E-state index is 0.468. The van der Waals surface area contributed by atoms with E-state index in [-0.39, 0.29) is 0 Å². The first-order valence-electron chi connectivity index (χ1n) is 4.81. The summed E-state index contributed by atoms with van der Waals surface area (Å²) in [5.74, 6) is 1.65. The van der Waals surface area contributed by atoms with Crippen molar-refractivity contribution in [1.29, 1.82) is 0 Å². The van der Waals surface area contributed by atoms with Gasteiger partial charge in [0, 0.05) is 19.8 Å². The van der Waals surface area contributed by atoms with Gasteiger partial charge in [-0.3, -0.25) is 0 Å². The van der Waals surface area contributed by atoms with E-state index in [0.717, 1.165) is 5.33 Å². The van der Waals surface area contributed by atoms with Gasteiger partial charge < -0.3 is 0 Å². The summed E-state index contributed by atoms with van der Waals surface area (Å²) in [4.78, 5) is 1.44. The fourth-order valence-corrected chi connectivity index (χ4v) is 4.62. The molecule has 1 aliphatic rings. The molecule has 82 valence electrons. The molecule has 0 aromatic heterocycles. The second-order valence-corrected chi connectivity index (χ2v) is 7.41. The van der Waals surface area contributed by atoms with Crippen LogP contribution in [0.2, 0.25) is 0 Å². The van der Waals surface area contributed by atoms with Crippen LogP contribution in [0.5, 0.6) is 0 Å². The fourth-order valence-electron chi connectivity index (χ4n) is 1.61. The van der Waals surface area contributed by atoms with Crippen molar-refractivity contribution < 1.29 is 0 Å². The third-order valence-corrected chi connectivity index (χ3v) is 8.76. The lowest BCUT2D eigenvalue weighted by molar-refractivity contribution is 0.586. The molecule has 1 aliphatic carbocycles. The van der Waals surface area contributed by atoms with Crippen molar-refractivity contribution in [3.8, 4) is 0 Å². The molecule has 0 N–H and O–H groups in total. The minimum atomic E-state index is 0.468. The highest BCUT2D eigenvalue weighted by Gasteiger charge is 2.30. The summed E-state index contributed by atoms with van der Waals surface area (Å²) in [7, 11) is 0. The molecule has 2 radical (unpaired) electrons. The first-order valence-corrected chi connectivity index (χ1v) is 8.68. The van der Waals surface area contributed by atoms with E-state index in [9.17, 15) is 0 Å². The predicted molar refractivity (Wildman–Crippen MR) is 78.0 cm³/mol. The Hall–Kier alpha value is 1.92. The maximum Gasteiger partial charge on any atom is 0.0409 e. The van der Waals surface area contributed by atoms with Gasteiger partial charge in [0.15, 0.2) is 0 Å². The van der Waals surface area contributed by atoms with Crippen LogP contribution in [0.4, 0.5) is 0 Å².